The molecular formula is C17H23NO9. The lowest BCUT2D eigenvalue weighted by Crippen LogP contribution is -2.65. The van der Waals surface area contributed by atoms with E-state index in [0.717, 1.165) is 0 Å². The quantitative estimate of drug-likeness (QED) is 0.427. The lowest BCUT2D eigenvalue weighted by molar-refractivity contribution is -0.244. The molecule has 0 saturated carbocycles. The highest BCUT2D eigenvalue weighted by atomic mass is 16.7. The Morgan fingerprint density at radius 1 is 1.22 bits per heavy atom. The number of rotatable bonds is 7. The van der Waals surface area contributed by atoms with Gasteiger partial charge in [-0.2, -0.15) is 0 Å². The van der Waals surface area contributed by atoms with Gasteiger partial charge in [0, 0.05) is 12.5 Å². The monoisotopic (exact) mass is 385 g/mol. The summed E-state index contributed by atoms with van der Waals surface area (Å²) in [4.78, 5) is 22.6. The van der Waals surface area contributed by atoms with E-state index in [1.165, 1.54) is 33.3 Å². The molecule has 10 heteroatoms. The van der Waals surface area contributed by atoms with Crippen molar-refractivity contribution in [1.29, 1.82) is 0 Å². The van der Waals surface area contributed by atoms with E-state index in [1.807, 2.05) is 0 Å². The van der Waals surface area contributed by atoms with Gasteiger partial charge in [0.25, 0.3) is 0 Å². The number of aldehydes is 1. The third kappa shape index (κ3) is 4.48. The maximum atomic E-state index is 11.5. The van der Waals surface area contributed by atoms with E-state index in [9.17, 15) is 24.9 Å². The molecule has 0 spiro atoms. The van der Waals surface area contributed by atoms with E-state index in [-0.39, 0.29) is 22.8 Å². The fraction of sp³-hybridized carbons (Fsp3) is 0.529. The third-order valence-corrected chi connectivity index (χ3v) is 4.10. The van der Waals surface area contributed by atoms with Crippen LogP contribution in [0.3, 0.4) is 0 Å². The highest BCUT2D eigenvalue weighted by Crippen LogP contribution is 2.40. The number of methoxy groups -OCH3 is 2. The van der Waals surface area contributed by atoms with Gasteiger partial charge in [-0.1, -0.05) is 0 Å². The molecule has 0 aliphatic carbocycles. The summed E-state index contributed by atoms with van der Waals surface area (Å²) in [6.45, 7) is 0.650. The van der Waals surface area contributed by atoms with Crippen LogP contribution < -0.4 is 19.5 Å². The van der Waals surface area contributed by atoms with Crippen molar-refractivity contribution in [3.05, 3.63) is 17.7 Å². The highest BCUT2D eigenvalue weighted by molar-refractivity contribution is 5.78. The predicted molar refractivity (Wildman–Crippen MR) is 90.9 cm³/mol. The molecule has 150 valence electrons. The number of benzene rings is 1. The molecule has 1 fully saturated rings. The van der Waals surface area contributed by atoms with Crippen molar-refractivity contribution in [2.45, 2.75) is 37.6 Å². The van der Waals surface area contributed by atoms with Crippen molar-refractivity contribution >= 4 is 12.2 Å². The summed E-state index contributed by atoms with van der Waals surface area (Å²) in [5.41, 5.74) is 0.280. The Morgan fingerprint density at radius 2 is 1.81 bits per heavy atom. The van der Waals surface area contributed by atoms with Gasteiger partial charge in [-0.05, 0) is 12.1 Å². The molecule has 10 nitrogen and oxygen atoms in total. The zero-order chi connectivity index (χ0) is 20.1. The number of ether oxygens (including phenoxy) is 4. The van der Waals surface area contributed by atoms with Crippen LogP contribution in [0.25, 0.3) is 0 Å². The average Bonchev–Trinajstić information content (AvgIpc) is 2.66. The molecule has 4 N–H and O–H groups in total. The van der Waals surface area contributed by atoms with Crippen LogP contribution in [0.4, 0.5) is 0 Å². The second-order valence-electron chi connectivity index (χ2n) is 5.92. The Hall–Kier alpha value is -2.40. The van der Waals surface area contributed by atoms with E-state index in [1.54, 1.807) is 0 Å². The molecule has 1 aliphatic heterocycles. The Kier molecular flexibility index (Phi) is 6.97. The van der Waals surface area contributed by atoms with Crippen LogP contribution in [-0.4, -0.2) is 79.0 Å². The van der Waals surface area contributed by atoms with Gasteiger partial charge in [-0.3, -0.25) is 9.59 Å². The van der Waals surface area contributed by atoms with Gasteiger partial charge in [-0.25, -0.2) is 0 Å². The van der Waals surface area contributed by atoms with Crippen LogP contribution in [0.2, 0.25) is 0 Å². The van der Waals surface area contributed by atoms with Crippen molar-refractivity contribution < 1.29 is 43.9 Å². The Morgan fingerprint density at radius 3 is 2.26 bits per heavy atom. The predicted octanol–water partition coefficient (Wildman–Crippen LogP) is -1.16. The van der Waals surface area contributed by atoms with Crippen LogP contribution in [0, 0.1) is 0 Å². The first kappa shape index (κ1) is 20.9. The van der Waals surface area contributed by atoms with Gasteiger partial charge < -0.3 is 39.6 Å². The minimum atomic E-state index is -1.46. The molecule has 1 aromatic rings. The fourth-order valence-corrected chi connectivity index (χ4v) is 2.77. The lowest BCUT2D eigenvalue weighted by Gasteiger charge is -2.42. The maximum absolute atomic E-state index is 11.5. The first-order chi connectivity index (χ1) is 12.9. The largest absolute Gasteiger partial charge is 0.493 e. The molecule has 2 rings (SSSR count). The summed E-state index contributed by atoms with van der Waals surface area (Å²) in [5, 5.41) is 32.2. The molecule has 0 bridgehead atoms. The van der Waals surface area contributed by atoms with Gasteiger partial charge in [0.15, 0.2) is 11.5 Å². The summed E-state index contributed by atoms with van der Waals surface area (Å²) in [5.74, 6) is -0.113. The molecular weight excluding hydrogens is 362 g/mol. The zero-order valence-electron chi connectivity index (χ0n) is 15.1. The molecule has 0 aromatic heterocycles. The first-order valence-electron chi connectivity index (χ1n) is 8.13. The Bertz CT molecular complexity index is 655. The molecule has 1 aliphatic rings. The van der Waals surface area contributed by atoms with E-state index in [2.05, 4.69) is 5.32 Å². The topological polar surface area (TPSA) is 144 Å². The van der Waals surface area contributed by atoms with Gasteiger partial charge in [0.05, 0.1) is 20.8 Å². The fourth-order valence-electron chi connectivity index (χ4n) is 2.77. The second-order valence-corrected chi connectivity index (χ2v) is 5.92. The summed E-state index contributed by atoms with van der Waals surface area (Å²) in [6, 6.07) is 1.69. The molecule has 1 heterocycles. The first-order valence-corrected chi connectivity index (χ1v) is 8.13. The van der Waals surface area contributed by atoms with E-state index in [4.69, 9.17) is 18.9 Å². The number of carbonyl (C=O) groups excluding carboxylic acids is 2. The van der Waals surface area contributed by atoms with Crippen molar-refractivity contribution in [1.82, 2.24) is 5.32 Å². The number of amides is 1. The van der Waals surface area contributed by atoms with Crippen LogP contribution in [0.1, 0.15) is 17.3 Å². The van der Waals surface area contributed by atoms with E-state index in [0.29, 0.717) is 6.29 Å². The number of aliphatic hydroxyl groups excluding tert-OH is 3. The SMILES string of the molecule is COc1cc(C=O)cc(OC)c1O[C@@H]1O[C@H](CO)[C@@H](O)[C@H](O)[C@H]1NC(C)=O. The zero-order valence-corrected chi connectivity index (χ0v) is 15.1. The standard InChI is InChI=1S/C17H23NO9/c1-8(21)18-13-15(23)14(22)12(7-20)26-17(13)27-16-10(24-2)4-9(6-19)5-11(16)25-3/h4-6,12-15,17,20,22-23H,7H2,1-3H3,(H,18,21)/t12-,13-,14-,15-,17+/m1/s1. The van der Waals surface area contributed by atoms with Crippen molar-refractivity contribution in [3.8, 4) is 17.2 Å². The molecule has 0 unspecified atom stereocenters. The number of aliphatic hydroxyl groups is 3. The van der Waals surface area contributed by atoms with Gasteiger partial charge in [-0.15, -0.1) is 0 Å². The minimum Gasteiger partial charge on any atom is -0.493 e. The van der Waals surface area contributed by atoms with Crippen LogP contribution >= 0.6 is 0 Å². The van der Waals surface area contributed by atoms with Gasteiger partial charge in [0.1, 0.15) is 30.6 Å². The van der Waals surface area contributed by atoms with Crippen LogP contribution in [0.15, 0.2) is 12.1 Å². The summed E-state index contributed by atoms with van der Waals surface area (Å²) in [7, 11) is 2.72. The van der Waals surface area contributed by atoms with Crippen molar-refractivity contribution in [2.75, 3.05) is 20.8 Å². The Labute approximate surface area is 155 Å². The Balaban J connectivity index is 2.42. The summed E-state index contributed by atoms with van der Waals surface area (Å²) in [6.07, 6.45) is -4.71. The molecule has 27 heavy (non-hydrogen) atoms. The summed E-state index contributed by atoms with van der Waals surface area (Å²) < 4.78 is 21.7. The highest BCUT2D eigenvalue weighted by Gasteiger charge is 2.46. The second kappa shape index (κ2) is 9.00. The number of hydrogen-bond donors (Lipinski definition) is 4. The van der Waals surface area contributed by atoms with Crippen LogP contribution in [-0.2, 0) is 9.53 Å². The molecule has 1 aromatic carbocycles. The van der Waals surface area contributed by atoms with Crippen molar-refractivity contribution in [3.63, 3.8) is 0 Å². The summed E-state index contributed by atoms with van der Waals surface area (Å²) >= 11 is 0. The lowest BCUT2D eigenvalue weighted by atomic mass is 9.97. The van der Waals surface area contributed by atoms with Crippen LogP contribution in [0.5, 0.6) is 17.2 Å². The molecule has 5 atom stereocenters. The molecule has 0 radical (unpaired) electrons. The number of hydrogen-bond acceptors (Lipinski definition) is 9. The smallest absolute Gasteiger partial charge is 0.223 e. The average molecular weight is 385 g/mol. The normalized spacial score (nSPS) is 27.6. The third-order valence-electron chi connectivity index (χ3n) is 4.10. The van der Waals surface area contributed by atoms with E-state index < -0.39 is 43.2 Å². The van der Waals surface area contributed by atoms with E-state index >= 15 is 0 Å². The minimum absolute atomic E-state index is 0.0613. The number of carbonyl (C=O) groups is 2. The van der Waals surface area contributed by atoms with Crippen molar-refractivity contribution in [2.24, 2.45) is 0 Å². The number of nitrogens with one attached hydrogen (secondary N) is 1. The molecule has 1 amide bonds. The van der Waals surface area contributed by atoms with Gasteiger partial charge in [0.2, 0.25) is 17.9 Å². The maximum Gasteiger partial charge on any atom is 0.223 e. The molecule has 1 saturated heterocycles. The van der Waals surface area contributed by atoms with Gasteiger partial charge >= 0.3 is 0 Å².